The zero-order valence-electron chi connectivity index (χ0n) is 17.0. The Kier molecular flexibility index (Phi) is 9.53. The Balaban J connectivity index is 1.99. The minimum Gasteiger partial charge on any atom is -0.494 e. The molecule has 0 saturated carbocycles. The van der Waals surface area contributed by atoms with Crippen LogP contribution in [0.1, 0.15) is 56.2 Å². The van der Waals surface area contributed by atoms with Gasteiger partial charge in [-0.3, -0.25) is 0 Å². The third-order valence-corrected chi connectivity index (χ3v) is 4.18. The highest BCUT2D eigenvalue weighted by molar-refractivity contribution is 5.46. The summed E-state index contributed by atoms with van der Waals surface area (Å²) in [5, 5.41) is 0. The van der Waals surface area contributed by atoms with Crippen LogP contribution in [0, 0.1) is 23.7 Å². The van der Waals surface area contributed by atoms with Crippen LogP contribution in [0.4, 0.5) is 8.78 Å². The number of rotatable bonds is 7. The molecule has 0 atom stereocenters. The van der Waals surface area contributed by atoms with Crippen LogP contribution in [0.2, 0.25) is 0 Å². The van der Waals surface area contributed by atoms with Crippen LogP contribution in [0.15, 0.2) is 60.2 Å². The lowest BCUT2D eigenvalue weighted by molar-refractivity contribution is 0.317. The first kappa shape index (κ1) is 22.3. The predicted octanol–water partition coefficient (Wildman–Crippen LogP) is 6.76. The van der Waals surface area contributed by atoms with E-state index in [4.69, 9.17) is 4.74 Å². The van der Waals surface area contributed by atoms with Crippen molar-refractivity contribution in [3.05, 3.63) is 76.9 Å². The zero-order chi connectivity index (χ0) is 20.9. The van der Waals surface area contributed by atoms with E-state index in [1.54, 1.807) is 24.3 Å². The van der Waals surface area contributed by atoms with Crippen molar-refractivity contribution in [2.75, 3.05) is 6.61 Å². The maximum atomic E-state index is 13.9. The number of benzene rings is 2. The molecule has 0 spiro atoms. The van der Waals surface area contributed by atoms with Crippen LogP contribution in [0.25, 0.3) is 0 Å². The molecule has 0 amide bonds. The average Bonchev–Trinajstić information content (AvgIpc) is 2.76. The number of halogens is 2. The second-order valence-corrected chi connectivity index (χ2v) is 6.65. The Labute approximate surface area is 172 Å². The van der Waals surface area contributed by atoms with Crippen LogP contribution in [0.3, 0.4) is 0 Å². The van der Waals surface area contributed by atoms with Crippen molar-refractivity contribution >= 4 is 0 Å². The molecule has 2 aromatic rings. The molecule has 0 aliphatic heterocycles. The first-order valence-electron chi connectivity index (χ1n) is 10.0. The molecule has 0 aromatic heterocycles. The number of hydrogen-bond donors (Lipinski definition) is 0. The number of ether oxygens (including phenoxy) is 1. The number of unbranched alkanes of at least 4 members (excludes halogenated alkanes) is 2. The SMILES string of the molecule is CCCCCc1ccc(C#CC(F)=C(F)C#Cc2ccc(OCCC)cc2)cc1. The first-order chi connectivity index (χ1) is 14.1. The van der Waals surface area contributed by atoms with E-state index in [9.17, 15) is 8.78 Å². The van der Waals surface area contributed by atoms with Gasteiger partial charge in [-0.15, -0.1) is 0 Å². The maximum Gasteiger partial charge on any atom is 0.217 e. The minimum absolute atomic E-state index is 0.573. The normalized spacial score (nSPS) is 10.9. The van der Waals surface area contributed by atoms with Crippen molar-refractivity contribution in [3.8, 4) is 29.4 Å². The van der Waals surface area contributed by atoms with Gasteiger partial charge >= 0.3 is 0 Å². The quantitative estimate of drug-likeness (QED) is 0.373. The second kappa shape index (κ2) is 12.4. The zero-order valence-corrected chi connectivity index (χ0v) is 17.0. The molecule has 0 aliphatic rings. The third kappa shape index (κ3) is 8.24. The molecule has 150 valence electrons. The van der Waals surface area contributed by atoms with Crippen LogP contribution in [-0.2, 0) is 6.42 Å². The molecular weight excluding hydrogens is 366 g/mol. The van der Waals surface area contributed by atoms with E-state index in [1.807, 2.05) is 31.2 Å². The van der Waals surface area contributed by atoms with Gasteiger partial charge in [-0.05, 0) is 73.1 Å². The molecule has 2 aromatic carbocycles. The molecule has 0 bridgehead atoms. The van der Waals surface area contributed by atoms with Crippen LogP contribution >= 0.6 is 0 Å². The molecule has 3 heteroatoms. The Bertz CT molecular complexity index is 917. The molecule has 2 rings (SSSR count). The highest BCUT2D eigenvalue weighted by Crippen LogP contribution is 2.13. The van der Waals surface area contributed by atoms with Gasteiger partial charge in [0.05, 0.1) is 6.61 Å². The van der Waals surface area contributed by atoms with Crippen molar-refractivity contribution in [2.24, 2.45) is 0 Å². The minimum atomic E-state index is -1.17. The highest BCUT2D eigenvalue weighted by atomic mass is 19.2. The summed E-state index contributed by atoms with van der Waals surface area (Å²) >= 11 is 0. The lowest BCUT2D eigenvalue weighted by Crippen LogP contribution is -1.94. The predicted molar refractivity (Wildman–Crippen MR) is 115 cm³/mol. The van der Waals surface area contributed by atoms with E-state index in [0.29, 0.717) is 17.7 Å². The van der Waals surface area contributed by atoms with E-state index >= 15 is 0 Å². The lowest BCUT2D eigenvalue weighted by atomic mass is 10.1. The fraction of sp³-hybridized carbons (Fsp3) is 0.308. The largest absolute Gasteiger partial charge is 0.494 e. The molecule has 0 aliphatic carbocycles. The summed E-state index contributed by atoms with van der Waals surface area (Å²) in [7, 11) is 0. The van der Waals surface area contributed by atoms with Crippen molar-refractivity contribution < 1.29 is 13.5 Å². The van der Waals surface area contributed by atoms with Gasteiger partial charge in [-0.25, -0.2) is 0 Å². The summed E-state index contributed by atoms with van der Waals surface area (Å²) in [5.74, 6) is 8.01. The fourth-order valence-corrected chi connectivity index (χ4v) is 2.55. The Morgan fingerprint density at radius 2 is 1.31 bits per heavy atom. The number of allylic oxidation sites excluding steroid dienone is 2. The van der Waals surface area contributed by atoms with E-state index in [-0.39, 0.29) is 0 Å². The van der Waals surface area contributed by atoms with Gasteiger partial charge in [0.2, 0.25) is 11.7 Å². The summed E-state index contributed by atoms with van der Waals surface area (Å²) in [6.07, 6.45) is 5.47. The molecule has 29 heavy (non-hydrogen) atoms. The van der Waals surface area contributed by atoms with Crippen LogP contribution in [0.5, 0.6) is 5.75 Å². The van der Waals surface area contributed by atoms with Gasteiger partial charge in [0.1, 0.15) is 5.75 Å². The average molecular weight is 392 g/mol. The third-order valence-electron chi connectivity index (χ3n) is 4.18. The summed E-state index contributed by atoms with van der Waals surface area (Å²) in [4.78, 5) is 0. The fourth-order valence-electron chi connectivity index (χ4n) is 2.55. The van der Waals surface area contributed by atoms with E-state index in [0.717, 1.165) is 25.0 Å². The summed E-state index contributed by atoms with van der Waals surface area (Å²) in [6.45, 7) is 4.83. The van der Waals surface area contributed by atoms with Crippen molar-refractivity contribution in [2.45, 2.75) is 46.0 Å². The van der Waals surface area contributed by atoms with E-state index < -0.39 is 11.7 Å². The van der Waals surface area contributed by atoms with E-state index in [2.05, 4.69) is 30.6 Å². The van der Waals surface area contributed by atoms with Crippen LogP contribution in [-0.4, -0.2) is 6.61 Å². The van der Waals surface area contributed by atoms with Gasteiger partial charge in [0.25, 0.3) is 0 Å². The van der Waals surface area contributed by atoms with Gasteiger partial charge in [-0.1, -0.05) is 50.7 Å². The molecule has 0 unspecified atom stereocenters. The van der Waals surface area contributed by atoms with E-state index in [1.165, 1.54) is 18.4 Å². The Morgan fingerprint density at radius 3 is 1.83 bits per heavy atom. The van der Waals surface area contributed by atoms with Crippen molar-refractivity contribution in [1.29, 1.82) is 0 Å². The Hall–Kier alpha value is -3.04. The van der Waals surface area contributed by atoms with Gasteiger partial charge < -0.3 is 4.74 Å². The smallest absolute Gasteiger partial charge is 0.217 e. The van der Waals surface area contributed by atoms with Gasteiger partial charge in [0.15, 0.2) is 0 Å². The van der Waals surface area contributed by atoms with Gasteiger partial charge in [-0.2, -0.15) is 8.78 Å². The van der Waals surface area contributed by atoms with Crippen molar-refractivity contribution in [1.82, 2.24) is 0 Å². The van der Waals surface area contributed by atoms with Crippen LogP contribution < -0.4 is 4.74 Å². The van der Waals surface area contributed by atoms with Crippen molar-refractivity contribution in [3.63, 3.8) is 0 Å². The number of hydrogen-bond acceptors (Lipinski definition) is 1. The molecule has 0 N–H and O–H groups in total. The number of aryl methyl sites for hydroxylation is 1. The second-order valence-electron chi connectivity index (χ2n) is 6.65. The topological polar surface area (TPSA) is 9.23 Å². The van der Waals surface area contributed by atoms with Gasteiger partial charge in [0, 0.05) is 11.1 Å². The highest BCUT2D eigenvalue weighted by Gasteiger charge is 2.00. The maximum absolute atomic E-state index is 13.9. The lowest BCUT2D eigenvalue weighted by Gasteiger charge is -2.03. The first-order valence-corrected chi connectivity index (χ1v) is 10.0. The monoisotopic (exact) mass is 392 g/mol. The molecular formula is C26H26F2O. The summed E-state index contributed by atoms with van der Waals surface area (Å²) in [5.41, 5.74) is 2.44. The standard InChI is InChI=1S/C26H26F2O/c1-3-5-6-7-21-8-10-22(11-9-21)14-18-25(27)26(28)19-15-23-12-16-24(17-13-23)29-20-4-2/h8-13,16-17H,3-7,20H2,1-2H3. The Morgan fingerprint density at radius 1 is 0.759 bits per heavy atom. The molecule has 0 fully saturated rings. The molecule has 1 nitrogen and oxygen atoms in total. The molecule has 0 saturated heterocycles. The summed E-state index contributed by atoms with van der Waals surface area (Å²) < 4.78 is 33.2. The molecule has 0 radical (unpaired) electrons. The molecule has 0 heterocycles. The summed E-state index contributed by atoms with van der Waals surface area (Å²) in [6, 6.07) is 14.5.